The lowest BCUT2D eigenvalue weighted by atomic mass is 9.74. The highest BCUT2D eigenvalue weighted by Crippen LogP contribution is 2.34. The number of rotatable bonds is 6. The first kappa shape index (κ1) is 23.0. The summed E-state index contributed by atoms with van der Waals surface area (Å²) in [5.74, 6) is 0.570. The van der Waals surface area contributed by atoms with Crippen LogP contribution in [-0.2, 0) is 16.6 Å². The van der Waals surface area contributed by atoms with Gasteiger partial charge in [0.05, 0.1) is 5.01 Å². The van der Waals surface area contributed by atoms with Crippen molar-refractivity contribution >= 4 is 41.3 Å². The maximum Gasteiger partial charge on any atom is 0.191 e. The van der Waals surface area contributed by atoms with E-state index in [1.165, 1.54) is 17.0 Å². The number of halogens is 2. The van der Waals surface area contributed by atoms with Crippen molar-refractivity contribution in [2.75, 3.05) is 33.4 Å². The summed E-state index contributed by atoms with van der Waals surface area (Å²) in [6, 6.07) is 6.86. The van der Waals surface area contributed by atoms with E-state index in [1.807, 2.05) is 18.3 Å². The molecule has 5 nitrogen and oxygen atoms in total. The molecular weight excluding hydrogens is 490 g/mol. The lowest BCUT2D eigenvalue weighted by molar-refractivity contribution is 0.0513. The Morgan fingerprint density at radius 3 is 2.57 bits per heavy atom. The molecule has 0 amide bonds. The molecule has 1 fully saturated rings. The highest BCUT2D eigenvalue weighted by Gasteiger charge is 2.34. The molecule has 0 radical (unpaired) electrons. The van der Waals surface area contributed by atoms with E-state index in [1.54, 1.807) is 18.4 Å². The Balaban J connectivity index is 0.00000280. The number of hydrogen-bond acceptors (Lipinski definition) is 4. The maximum atomic E-state index is 13.4. The normalized spacial score (nSPS) is 16.3. The predicted molar refractivity (Wildman–Crippen MR) is 123 cm³/mol. The Bertz CT molecular complexity index is 760. The third-order valence-electron chi connectivity index (χ3n) is 5.02. The molecule has 2 aromatic rings. The van der Waals surface area contributed by atoms with Crippen molar-refractivity contribution in [2.45, 2.75) is 31.6 Å². The fourth-order valence-corrected chi connectivity index (χ4v) is 4.20. The number of ether oxygens (including phenoxy) is 1. The summed E-state index contributed by atoms with van der Waals surface area (Å²) >= 11 is 1.72. The van der Waals surface area contributed by atoms with Gasteiger partial charge in [-0.25, -0.2) is 9.37 Å². The zero-order chi connectivity index (χ0) is 19.1. The Kier molecular flexibility index (Phi) is 9.10. The van der Waals surface area contributed by atoms with Crippen molar-refractivity contribution < 1.29 is 9.13 Å². The van der Waals surface area contributed by atoms with Gasteiger partial charge < -0.3 is 15.4 Å². The first-order valence-electron chi connectivity index (χ1n) is 9.31. The molecule has 1 aromatic heterocycles. The van der Waals surface area contributed by atoms with Gasteiger partial charge in [0.25, 0.3) is 0 Å². The summed E-state index contributed by atoms with van der Waals surface area (Å²) in [7, 11) is 1.78. The van der Waals surface area contributed by atoms with Gasteiger partial charge in [-0.15, -0.1) is 35.3 Å². The minimum atomic E-state index is -0.205. The molecule has 1 aliphatic heterocycles. The number of nitrogens with zero attached hydrogens (tertiary/aromatic N) is 2. The van der Waals surface area contributed by atoms with Crippen molar-refractivity contribution in [1.82, 2.24) is 15.6 Å². The number of hydrogen-bond donors (Lipinski definition) is 2. The van der Waals surface area contributed by atoms with Gasteiger partial charge in [0.15, 0.2) is 5.96 Å². The molecule has 28 heavy (non-hydrogen) atoms. The van der Waals surface area contributed by atoms with Gasteiger partial charge in [-0.3, -0.25) is 4.99 Å². The third kappa shape index (κ3) is 6.12. The van der Waals surface area contributed by atoms with Crippen LogP contribution < -0.4 is 10.6 Å². The quantitative estimate of drug-likeness (QED) is 0.348. The minimum absolute atomic E-state index is 0. The van der Waals surface area contributed by atoms with E-state index in [0.29, 0.717) is 13.2 Å². The molecule has 0 spiro atoms. The third-order valence-corrected chi connectivity index (χ3v) is 6.00. The molecule has 0 bridgehead atoms. The highest BCUT2D eigenvalue weighted by molar-refractivity contribution is 14.0. The lowest BCUT2D eigenvalue weighted by Gasteiger charge is -2.38. The second kappa shape index (κ2) is 11.1. The van der Waals surface area contributed by atoms with Gasteiger partial charge in [-0.1, -0.05) is 12.1 Å². The van der Waals surface area contributed by atoms with E-state index < -0.39 is 0 Å². The molecule has 2 heterocycles. The summed E-state index contributed by atoms with van der Waals surface area (Å²) in [6.07, 6.45) is 4.59. The van der Waals surface area contributed by atoms with Gasteiger partial charge in [0, 0.05) is 56.3 Å². The van der Waals surface area contributed by atoms with E-state index in [4.69, 9.17) is 4.74 Å². The van der Waals surface area contributed by atoms with Crippen LogP contribution in [0.3, 0.4) is 0 Å². The summed E-state index contributed by atoms with van der Waals surface area (Å²) in [6.45, 7) is 5.01. The number of aromatic nitrogens is 1. The van der Waals surface area contributed by atoms with E-state index in [9.17, 15) is 4.39 Å². The van der Waals surface area contributed by atoms with Gasteiger partial charge in [-0.2, -0.15) is 0 Å². The largest absolute Gasteiger partial charge is 0.381 e. The fourth-order valence-electron chi connectivity index (χ4n) is 3.41. The van der Waals surface area contributed by atoms with Crippen molar-refractivity contribution in [3.8, 4) is 0 Å². The molecule has 0 aliphatic carbocycles. The zero-order valence-corrected chi connectivity index (χ0v) is 19.5. The number of aliphatic imine (C=N–C) groups is 1. The maximum absolute atomic E-state index is 13.4. The number of guanidine groups is 1. The molecular formula is C20H28FIN4OS. The number of benzene rings is 1. The van der Waals surface area contributed by atoms with Crippen LogP contribution in [0.1, 0.15) is 28.3 Å². The number of aryl methyl sites for hydroxylation is 1. The minimum Gasteiger partial charge on any atom is -0.381 e. The van der Waals surface area contributed by atoms with Crippen molar-refractivity contribution in [1.29, 1.82) is 0 Å². The van der Waals surface area contributed by atoms with Crippen molar-refractivity contribution in [2.24, 2.45) is 4.99 Å². The molecule has 1 aliphatic rings. The molecule has 1 saturated heterocycles. The predicted octanol–water partition coefficient (Wildman–Crippen LogP) is 3.66. The number of thiazole rings is 1. The van der Waals surface area contributed by atoms with E-state index >= 15 is 0 Å². The molecule has 0 unspecified atom stereocenters. The Morgan fingerprint density at radius 2 is 1.96 bits per heavy atom. The van der Waals surface area contributed by atoms with E-state index in [0.717, 1.165) is 48.9 Å². The van der Waals surface area contributed by atoms with Gasteiger partial charge >= 0.3 is 0 Å². The highest BCUT2D eigenvalue weighted by atomic mass is 127. The fraction of sp³-hybridized carbons (Fsp3) is 0.500. The molecule has 1 aromatic carbocycles. The monoisotopic (exact) mass is 518 g/mol. The topological polar surface area (TPSA) is 58.5 Å². The zero-order valence-electron chi connectivity index (χ0n) is 16.3. The smallest absolute Gasteiger partial charge is 0.191 e. The average Bonchev–Trinajstić information content (AvgIpc) is 3.11. The van der Waals surface area contributed by atoms with Crippen LogP contribution in [0.4, 0.5) is 4.39 Å². The van der Waals surface area contributed by atoms with Crippen LogP contribution in [0.15, 0.2) is 35.5 Å². The van der Waals surface area contributed by atoms with E-state index in [-0.39, 0.29) is 35.2 Å². The Labute approximate surface area is 187 Å². The van der Waals surface area contributed by atoms with Crippen LogP contribution in [0, 0.1) is 12.7 Å². The molecule has 3 rings (SSSR count). The van der Waals surface area contributed by atoms with Crippen LogP contribution in [0.25, 0.3) is 0 Å². The van der Waals surface area contributed by atoms with Crippen LogP contribution in [-0.4, -0.2) is 44.3 Å². The van der Waals surface area contributed by atoms with Crippen molar-refractivity contribution in [3.05, 3.63) is 51.7 Å². The van der Waals surface area contributed by atoms with E-state index in [2.05, 4.69) is 27.5 Å². The Hall–Kier alpha value is -1.26. The first-order valence-corrected chi connectivity index (χ1v) is 10.1. The van der Waals surface area contributed by atoms with Crippen molar-refractivity contribution in [3.63, 3.8) is 0 Å². The Morgan fingerprint density at radius 1 is 1.25 bits per heavy atom. The number of nitrogens with one attached hydrogen (secondary N) is 2. The summed E-state index contributed by atoms with van der Waals surface area (Å²) in [5.41, 5.74) is 1.07. The molecule has 0 atom stereocenters. The summed E-state index contributed by atoms with van der Waals surface area (Å²) in [5, 5.41) is 7.94. The lowest BCUT2D eigenvalue weighted by Crippen LogP contribution is -2.48. The summed E-state index contributed by atoms with van der Waals surface area (Å²) < 4.78 is 18.9. The molecule has 8 heteroatoms. The SMILES string of the molecule is CN=C(NCCc1ncc(C)s1)NCC1(c2ccc(F)cc2)CCOCC1.I. The second-order valence-electron chi connectivity index (χ2n) is 6.87. The summed E-state index contributed by atoms with van der Waals surface area (Å²) in [4.78, 5) is 9.95. The average molecular weight is 518 g/mol. The van der Waals surface area contributed by atoms with Gasteiger partial charge in [-0.05, 0) is 37.5 Å². The molecule has 154 valence electrons. The van der Waals surface area contributed by atoms with Crippen LogP contribution in [0.5, 0.6) is 0 Å². The van der Waals surface area contributed by atoms with Gasteiger partial charge in [0.1, 0.15) is 5.82 Å². The molecule has 2 N–H and O–H groups in total. The van der Waals surface area contributed by atoms with Gasteiger partial charge in [0.2, 0.25) is 0 Å². The molecule has 0 saturated carbocycles. The first-order chi connectivity index (χ1) is 13.1. The van der Waals surface area contributed by atoms with Crippen LogP contribution in [0.2, 0.25) is 0 Å². The second-order valence-corrected chi connectivity index (χ2v) is 8.19. The van der Waals surface area contributed by atoms with Crippen LogP contribution >= 0.6 is 35.3 Å². The standard InChI is InChI=1S/C20H27FN4OS.HI/c1-15-13-24-18(27-15)7-10-23-19(22-2)25-14-20(8-11-26-12-9-20)16-3-5-17(21)6-4-16;/h3-6,13H,7-12,14H2,1-2H3,(H2,22,23,25);1H.